The lowest BCUT2D eigenvalue weighted by molar-refractivity contribution is -0.137. The molecule has 1 aromatic rings. The molecule has 0 unspecified atom stereocenters. The number of phenolic OH excluding ortho intramolecular Hbond substituents is 2. The third-order valence-corrected chi connectivity index (χ3v) is 2.01. The fourth-order valence-electron chi connectivity index (χ4n) is 1.20. The second kappa shape index (κ2) is 4.61. The molecule has 0 aliphatic heterocycles. The lowest BCUT2D eigenvalue weighted by Gasteiger charge is -2.13. The molecule has 0 amide bonds. The number of nitrogens with one attached hydrogen (secondary N) is 1. The minimum Gasteiger partial charge on any atom is -0.504 e. The monoisotopic (exact) mass is 227 g/mol. The zero-order valence-corrected chi connectivity index (χ0v) is 8.89. The Bertz CT molecular complexity index is 381. The van der Waals surface area contributed by atoms with Crippen LogP contribution < -0.4 is 10.1 Å². The predicted molar refractivity (Wildman–Crippen MR) is 57.0 cm³/mol. The summed E-state index contributed by atoms with van der Waals surface area (Å²) in [5.41, 5.74) is 0.297. The molecule has 0 bridgehead atoms. The first-order valence-corrected chi connectivity index (χ1v) is 4.55. The quantitative estimate of drug-likeness (QED) is 0.612. The molecule has 0 saturated carbocycles. The Kier molecular flexibility index (Phi) is 3.44. The van der Waals surface area contributed by atoms with Crippen LogP contribution in [0.5, 0.6) is 17.2 Å². The topological polar surface area (TPSA) is 99.0 Å². The fourth-order valence-corrected chi connectivity index (χ4v) is 1.20. The molecule has 1 atom stereocenters. The smallest absolute Gasteiger partial charge is 0.325 e. The molecular weight excluding hydrogens is 214 g/mol. The molecule has 0 spiro atoms. The van der Waals surface area contributed by atoms with Gasteiger partial charge in [0.05, 0.1) is 7.11 Å². The number of hydrogen-bond acceptors (Lipinski definition) is 5. The van der Waals surface area contributed by atoms with E-state index in [1.807, 2.05) is 0 Å². The summed E-state index contributed by atoms with van der Waals surface area (Å²) < 4.78 is 4.74. The minimum atomic E-state index is -1.03. The number of aromatic hydroxyl groups is 2. The molecule has 16 heavy (non-hydrogen) atoms. The Morgan fingerprint density at radius 2 is 1.88 bits per heavy atom. The molecule has 0 saturated heterocycles. The van der Waals surface area contributed by atoms with Crippen molar-refractivity contribution >= 4 is 11.7 Å². The Morgan fingerprint density at radius 1 is 1.38 bits per heavy atom. The van der Waals surface area contributed by atoms with E-state index in [4.69, 9.17) is 9.84 Å². The summed E-state index contributed by atoms with van der Waals surface area (Å²) in [4.78, 5) is 10.6. The summed E-state index contributed by atoms with van der Waals surface area (Å²) in [6, 6.07) is 1.72. The van der Waals surface area contributed by atoms with E-state index in [1.54, 1.807) is 0 Å². The van der Waals surface area contributed by atoms with E-state index in [9.17, 15) is 15.0 Å². The number of phenols is 2. The molecule has 0 aromatic heterocycles. The van der Waals surface area contributed by atoms with E-state index < -0.39 is 12.0 Å². The molecule has 0 aliphatic carbocycles. The van der Waals surface area contributed by atoms with Gasteiger partial charge in [-0.1, -0.05) is 0 Å². The molecule has 0 fully saturated rings. The number of benzene rings is 1. The summed E-state index contributed by atoms with van der Waals surface area (Å²) in [6.07, 6.45) is 0. The maximum atomic E-state index is 10.6. The third kappa shape index (κ3) is 2.47. The first-order valence-electron chi connectivity index (χ1n) is 4.55. The second-order valence-electron chi connectivity index (χ2n) is 3.25. The number of carboxylic acid groups (broad SMARTS) is 1. The number of aliphatic carboxylic acids is 1. The summed E-state index contributed by atoms with van der Waals surface area (Å²) in [7, 11) is 1.31. The van der Waals surface area contributed by atoms with Gasteiger partial charge in [-0.2, -0.15) is 0 Å². The highest BCUT2D eigenvalue weighted by molar-refractivity contribution is 5.77. The molecule has 1 aromatic carbocycles. The zero-order chi connectivity index (χ0) is 12.3. The van der Waals surface area contributed by atoms with Gasteiger partial charge in [-0.3, -0.25) is 4.79 Å². The van der Waals surface area contributed by atoms with E-state index in [-0.39, 0.29) is 17.2 Å². The lowest BCUT2D eigenvalue weighted by Crippen LogP contribution is -2.25. The van der Waals surface area contributed by atoms with Crippen molar-refractivity contribution in [1.82, 2.24) is 0 Å². The van der Waals surface area contributed by atoms with Gasteiger partial charge < -0.3 is 25.4 Å². The number of methoxy groups -OCH3 is 1. The van der Waals surface area contributed by atoms with Gasteiger partial charge in [-0.05, 0) is 6.92 Å². The average molecular weight is 227 g/mol. The Labute approximate surface area is 92.1 Å². The first-order chi connectivity index (χ1) is 7.45. The average Bonchev–Trinajstić information content (AvgIpc) is 2.16. The molecular formula is C10H13NO5. The van der Waals surface area contributed by atoms with E-state index in [1.165, 1.54) is 26.2 Å². The van der Waals surface area contributed by atoms with Crippen LogP contribution in [0.25, 0.3) is 0 Å². The number of rotatable bonds is 4. The van der Waals surface area contributed by atoms with Crippen molar-refractivity contribution in [3.05, 3.63) is 12.1 Å². The maximum absolute atomic E-state index is 10.6. The van der Waals surface area contributed by atoms with Crippen LogP contribution in [0.4, 0.5) is 5.69 Å². The largest absolute Gasteiger partial charge is 0.504 e. The van der Waals surface area contributed by atoms with Crippen molar-refractivity contribution in [2.24, 2.45) is 0 Å². The fraction of sp³-hybridized carbons (Fsp3) is 0.300. The van der Waals surface area contributed by atoms with Gasteiger partial charge in [0.2, 0.25) is 5.75 Å². The van der Waals surface area contributed by atoms with Crippen molar-refractivity contribution in [2.45, 2.75) is 13.0 Å². The molecule has 0 radical (unpaired) electrons. The van der Waals surface area contributed by atoms with Crippen LogP contribution in [0.15, 0.2) is 12.1 Å². The van der Waals surface area contributed by atoms with Crippen LogP contribution in [-0.4, -0.2) is 34.4 Å². The van der Waals surface area contributed by atoms with Gasteiger partial charge in [-0.25, -0.2) is 0 Å². The van der Waals surface area contributed by atoms with Crippen molar-refractivity contribution < 1.29 is 24.9 Å². The normalized spacial score (nSPS) is 11.9. The lowest BCUT2D eigenvalue weighted by atomic mass is 10.2. The third-order valence-electron chi connectivity index (χ3n) is 2.01. The van der Waals surface area contributed by atoms with Crippen LogP contribution in [0, 0.1) is 0 Å². The van der Waals surface area contributed by atoms with E-state index in [0.29, 0.717) is 5.69 Å². The molecule has 88 valence electrons. The van der Waals surface area contributed by atoms with Crippen LogP contribution in [-0.2, 0) is 4.79 Å². The molecule has 1 rings (SSSR count). The highest BCUT2D eigenvalue weighted by Gasteiger charge is 2.14. The second-order valence-corrected chi connectivity index (χ2v) is 3.25. The SMILES string of the molecule is COc1c(O)cc(N[C@@H](C)C(=O)O)cc1O. The van der Waals surface area contributed by atoms with Gasteiger partial charge in [0.1, 0.15) is 6.04 Å². The molecule has 6 heteroatoms. The Morgan fingerprint density at radius 3 is 2.25 bits per heavy atom. The van der Waals surface area contributed by atoms with Crippen LogP contribution in [0.1, 0.15) is 6.92 Å². The highest BCUT2D eigenvalue weighted by Crippen LogP contribution is 2.38. The number of anilines is 1. The van der Waals surface area contributed by atoms with Crippen molar-refractivity contribution in [1.29, 1.82) is 0 Å². The van der Waals surface area contributed by atoms with Gasteiger partial charge in [0, 0.05) is 17.8 Å². The number of carbonyl (C=O) groups is 1. The number of hydrogen-bond donors (Lipinski definition) is 4. The number of carboxylic acids is 1. The van der Waals surface area contributed by atoms with Gasteiger partial charge in [-0.15, -0.1) is 0 Å². The van der Waals surface area contributed by atoms with E-state index in [0.717, 1.165) is 0 Å². The summed E-state index contributed by atoms with van der Waals surface area (Å²) in [5, 5.41) is 30.2. The van der Waals surface area contributed by atoms with Crippen molar-refractivity contribution in [3.63, 3.8) is 0 Å². The summed E-state index contributed by atoms with van der Waals surface area (Å²) in [6.45, 7) is 1.45. The van der Waals surface area contributed by atoms with Crippen LogP contribution in [0.2, 0.25) is 0 Å². The molecule has 0 aliphatic rings. The standard InChI is InChI=1S/C10H13NO5/c1-5(10(14)15)11-6-3-7(12)9(16-2)8(13)4-6/h3-5,11-13H,1-2H3,(H,14,15)/t5-/m0/s1. The molecule has 6 nitrogen and oxygen atoms in total. The molecule has 0 heterocycles. The van der Waals surface area contributed by atoms with E-state index in [2.05, 4.69) is 5.32 Å². The zero-order valence-electron chi connectivity index (χ0n) is 8.89. The maximum Gasteiger partial charge on any atom is 0.325 e. The van der Waals surface area contributed by atoms with E-state index >= 15 is 0 Å². The number of ether oxygens (including phenoxy) is 1. The predicted octanol–water partition coefficient (Wildman–Crippen LogP) is 0.991. The minimum absolute atomic E-state index is 0.0477. The summed E-state index contributed by atoms with van der Waals surface area (Å²) >= 11 is 0. The highest BCUT2D eigenvalue weighted by atomic mass is 16.5. The van der Waals surface area contributed by atoms with Gasteiger partial charge >= 0.3 is 5.97 Å². The molecule has 4 N–H and O–H groups in total. The van der Waals surface area contributed by atoms with Crippen LogP contribution >= 0.6 is 0 Å². The summed E-state index contributed by atoms with van der Waals surface area (Å²) in [5.74, 6) is -1.60. The van der Waals surface area contributed by atoms with Crippen LogP contribution in [0.3, 0.4) is 0 Å². The van der Waals surface area contributed by atoms with Crippen molar-refractivity contribution in [3.8, 4) is 17.2 Å². The van der Waals surface area contributed by atoms with Gasteiger partial charge in [0.25, 0.3) is 0 Å². The Balaban J connectivity index is 2.96. The van der Waals surface area contributed by atoms with Crippen molar-refractivity contribution in [2.75, 3.05) is 12.4 Å². The van der Waals surface area contributed by atoms with Gasteiger partial charge in [0.15, 0.2) is 11.5 Å². The first kappa shape index (κ1) is 12.0. The Hall–Kier alpha value is -2.11.